The van der Waals surface area contributed by atoms with Crippen molar-refractivity contribution in [1.82, 2.24) is 10.3 Å². The zero-order chi connectivity index (χ0) is 15.0. The van der Waals surface area contributed by atoms with Crippen molar-refractivity contribution in [3.8, 4) is 6.07 Å². The summed E-state index contributed by atoms with van der Waals surface area (Å²) in [6, 6.07) is 6.82. The molecule has 6 nitrogen and oxygen atoms in total. The lowest BCUT2D eigenvalue weighted by Gasteiger charge is -2.13. The third-order valence-corrected chi connectivity index (χ3v) is 3.95. The van der Waals surface area contributed by atoms with E-state index in [0.717, 1.165) is 9.99 Å². The molecule has 0 saturated heterocycles. The summed E-state index contributed by atoms with van der Waals surface area (Å²) in [4.78, 5) is 16.3. The van der Waals surface area contributed by atoms with Gasteiger partial charge in [0.15, 0.2) is 11.5 Å². The van der Waals surface area contributed by atoms with Crippen LogP contribution in [0.3, 0.4) is 0 Å². The zero-order valence-corrected chi connectivity index (χ0v) is 12.7. The number of carbonyl (C=O) groups is 1. The number of nitrogens with zero attached hydrogens (tertiary/aromatic N) is 2. The minimum absolute atomic E-state index is 0.194. The largest absolute Gasteiger partial charge is 0.441 e. The number of fused-ring (bicyclic) bond motifs is 1. The Kier molecular flexibility index (Phi) is 3.43. The van der Waals surface area contributed by atoms with Gasteiger partial charge in [-0.3, -0.25) is 4.79 Å². The summed E-state index contributed by atoms with van der Waals surface area (Å²) in [6.45, 7) is 0. The van der Waals surface area contributed by atoms with Crippen molar-refractivity contribution in [3.63, 3.8) is 0 Å². The molecule has 1 aliphatic carbocycles. The molecule has 7 heteroatoms. The monoisotopic (exact) mass is 348 g/mol. The van der Waals surface area contributed by atoms with E-state index in [4.69, 9.17) is 15.4 Å². The highest BCUT2D eigenvalue weighted by Gasteiger charge is 2.45. The first-order valence-corrected chi connectivity index (χ1v) is 7.34. The Morgan fingerprint density at radius 3 is 3.05 bits per heavy atom. The van der Waals surface area contributed by atoms with E-state index >= 15 is 0 Å². The molecule has 0 radical (unpaired) electrons. The number of benzene rings is 1. The molecule has 1 unspecified atom stereocenters. The third-order valence-electron chi connectivity index (χ3n) is 3.45. The number of oxazole rings is 1. The summed E-state index contributed by atoms with van der Waals surface area (Å²) in [7, 11) is 0. The Morgan fingerprint density at radius 1 is 1.62 bits per heavy atom. The van der Waals surface area contributed by atoms with Crippen LogP contribution in [0.4, 0.5) is 0 Å². The number of carbonyl (C=O) groups excluding carboxylic acids is 1. The molecular formula is C14H13BrN4O2. The highest BCUT2D eigenvalue weighted by molar-refractivity contribution is 9.10. The number of aromatic nitrogens is 1. The number of amides is 1. The second-order valence-corrected chi connectivity index (χ2v) is 6.13. The molecule has 1 saturated carbocycles. The molecule has 0 bridgehead atoms. The van der Waals surface area contributed by atoms with Gasteiger partial charge >= 0.3 is 0 Å². The molecule has 2 aromatic rings. The van der Waals surface area contributed by atoms with Crippen molar-refractivity contribution in [1.29, 1.82) is 5.26 Å². The smallest absolute Gasteiger partial charge is 0.238 e. The highest BCUT2D eigenvalue weighted by atomic mass is 79.9. The number of nitrogens with two attached hydrogens (primary N) is 1. The zero-order valence-electron chi connectivity index (χ0n) is 11.1. The van der Waals surface area contributed by atoms with Gasteiger partial charge in [-0.05, 0) is 31.0 Å². The maximum atomic E-state index is 12.0. The molecule has 1 aromatic heterocycles. The number of hydrogen-bond acceptors (Lipinski definition) is 5. The van der Waals surface area contributed by atoms with Gasteiger partial charge in [0, 0.05) is 10.9 Å². The van der Waals surface area contributed by atoms with Crippen LogP contribution in [0.2, 0.25) is 0 Å². The SMILES string of the molecule is N#CC1(NC(=O)C(N)Cc2nc3ccc(Br)cc3o2)CC1. The van der Waals surface area contributed by atoms with E-state index in [1.807, 2.05) is 18.2 Å². The first kappa shape index (κ1) is 14.0. The third kappa shape index (κ3) is 2.91. The molecule has 1 aliphatic rings. The van der Waals surface area contributed by atoms with Crippen LogP contribution in [-0.2, 0) is 11.2 Å². The molecule has 21 heavy (non-hydrogen) atoms. The van der Waals surface area contributed by atoms with Gasteiger partial charge in [0.1, 0.15) is 11.1 Å². The Hall–Kier alpha value is -1.91. The topological polar surface area (TPSA) is 105 Å². The fourth-order valence-electron chi connectivity index (χ4n) is 2.03. The van der Waals surface area contributed by atoms with Gasteiger partial charge in [-0.15, -0.1) is 0 Å². The van der Waals surface area contributed by atoms with Gasteiger partial charge in [0.05, 0.1) is 12.1 Å². The number of halogens is 1. The van der Waals surface area contributed by atoms with Crippen LogP contribution in [-0.4, -0.2) is 22.5 Å². The van der Waals surface area contributed by atoms with Crippen molar-refractivity contribution in [2.75, 3.05) is 0 Å². The van der Waals surface area contributed by atoms with Gasteiger partial charge in [-0.25, -0.2) is 4.98 Å². The first-order chi connectivity index (χ1) is 10.0. The molecule has 1 aromatic carbocycles. The first-order valence-electron chi connectivity index (χ1n) is 6.55. The normalized spacial score (nSPS) is 17.2. The van der Waals surface area contributed by atoms with Crippen molar-refractivity contribution in [3.05, 3.63) is 28.6 Å². The van der Waals surface area contributed by atoms with Crippen LogP contribution in [0.15, 0.2) is 27.1 Å². The second kappa shape index (κ2) is 5.13. The molecule has 1 atom stereocenters. The Balaban J connectivity index is 1.69. The minimum Gasteiger partial charge on any atom is -0.441 e. The van der Waals surface area contributed by atoms with E-state index in [-0.39, 0.29) is 12.3 Å². The summed E-state index contributed by atoms with van der Waals surface area (Å²) in [6.07, 6.45) is 1.55. The molecule has 0 spiro atoms. The number of rotatable bonds is 4. The average Bonchev–Trinajstić information content (AvgIpc) is 3.11. The maximum Gasteiger partial charge on any atom is 0.238 e. The molecule has 3 N–H and O–H groups in total. The second-order valence-electron chi connectivity index (χ2n) is 5.21. The van der Waals surface area contributed by atoms with E-state index in [1.165, 1.54) is 0 Å². The molecular weight excluding hydrogens is 336 g/mol. The standard InChI is InChI=1S/C14H13BrN4O2/c15-8-1-2-10-11(5-8)21-12(18-10)6-9(17)13(20)19-14(7-16)3-4-14/h1-2,5,9H,3-4,6,17H2,(H,19,20). The van der Waals surface area contributed by atoms with Gasteiger partial charge in [0.2, 0.25) is 5.91 Å². The summed E-state index contributed by atoms with van der Waals surface area (Å²) in [5, 5.41) is 11.6. The molecule has 108 valence electrons. The highest BCUT2D eigenvalue weighted by Crippen LogP contribution is 2.34. The summed E-state index contributed by atoms with van der Waals surface area (Å²) in [5.74, 6) is 0.0602. The van der Waals surface area contributed by atoms with Crippen molar-refractivity contribution in [2.45, 2.75) is 30.8 Å². The van der Waals surface area contributed by atoms with Crippen LogP contribution in [0.5, 0.6) is 0 Å². The van der Waals surface area contributed by atoms with E-state index in [9.17, 15) is 4.79 Å². The Morgan fingerprint density at radius 2 is 2.38 bits per heavy atom. The molecule has 3 rings (SSSR count). The van der Waals surface area contributed by atoms with Gasteiger partial charge in [0.25, 0.3) is 0 Å². The van der Waals surface area contributed by atoms with Crippen LogP contribution < -0.4 is 11.1 Å². The van der Waals surface area contributed by atoms with Crippen LogP contribution in [0, 0.1) is 11.3 Å². The van der Waals surface area contributed by atoms with Crippen LogP contribution >= 0.6 is 15.9 Å². The number of nitriles is 1. The lowest BCUT2D eigenvalue weighted by atomic mass is 10.2. The Bertz CT molecular complexity index is 745. The predicted octanol–water partition coefficient (Wildman–Crippen LogP) is 1.63. The van der Waals surface area contributed by atoms with Gasteiger partial charge in [-0.1, -0.05) is 15.9 Å². The quantitative estimate of drug-likeness (QED) is 0.873. The van der Waals surface area contributed by atoms with Crippen LogP contribution in [0.25, 0.3) is 11.1 Å². The number of hydrogen-bond donors (Lipinski definition) is 2. The average molecular weight is 349 g/mol. The summed E-state index contributed by atoms with van der Waals surface area (Å²) < 4.78 is 6.47. The van der Waals surface area contributed by atoms with E-state index in [1.54, 1.807) is 0 Å². The van der Waals surface area contributed by atoms with Crippen molar-refractivity contribution < 1.29 is 9.21 Å². The van der Waals surface area contributed by atoms with Gasteiger partial charge < -0.3 is 15.5 Å². The maximum absolute atomic E-state index is 12.0. The van der Waals surface area contributed by atoms with Crippen LogP contribution in [0.1, 0.15) is 18.7 Å². The lowest BCUT2D eigenvalue weighted by Crippen LogP contribution is -2.47. The lowest BCUT2D eigenvalue weighted by molar-refractivity contribution is -0.123. The fourth-order valence-corrected chi connectivity index (χ4v) is 2.37. The Labute approximate surface area is 129 Å². The summed E-state index contributed by atoms with van der Waals surface area (Å²) >= 11 is 3.36. The van der Waals surface area contributed by atoms with Crippen molar-refractivity contribution >= 4 is 32.9 Å². The van der Waals surface area contributed by atoms with E-state index in [0.29, 0.717) is 24.3 Å². The fraction of sp³-hybridized carbons (Fsp3) is 0.357. The van der Waals surface area contributed by atoms with E-state index in [2.05, 4.69) is 32.3 Å². The van der Waals surface area contributed by atoms with E-state index < -0.39 is 11.6 Å². The molecule has 1 fully saturated rings. The minimum atomic E-state index is -0.785. The van der Waals surface area contributed by atoms with Crippen molar-refractivity contribution in [2.24, 2.45) is 5.73 Å². The molecule has 0 aliphatic heterocycles. The molecule has 1 amide bonds. The summed E-state index contributed by atoms with van der Waals surface area (Å²) in [5.41, 5.74) is 6.51. The molecule has 1 heterocycles. The number of nitrogens with one attached hydrogen (secondary N) is 1. The predicted molar refractivity (Wildman–Crippen MR) is 79.1 cm³/mol. The van der Waals surface area contributed by atoms with Gasteiger partial charge in [-0.2, -0.15) is 5.26 Å².